The molecule has 1 aromatic heterocycles. The SMILES string of the molecule is CN(C)CCOCCNC(=O)c1cc(Cl)ncc1Cl. The molecule has 106 valence electrons. The van der Waals surface area contributed by atoms with Crippen LogP contribution >= 0.6 is 23.2 Å². The van der Waals surface area contributed by atoms with E-state index in [9.17, 15) is 4.79 Å². The first-order valence-corrected chi connectivity index (χ1v) is 6.58. The first-order valence-electron chi connectivity index (χ1n) is 5.82. The summed E-state index contributed by atoms with van der Waals surface area (Å²) in [5, 5.41) is 3.21. The Hall–Kier alpha value is -0.880. The van der Waals surface area contributed by atoms with Crippen molar-refractivity contribution in [3.8, 4) is 0 Å². The molecule has 0 saturated carbocycles. The molecule has 1 heterocycles. The molecule has 19 heavy (non-hydrogen) atoms. The molecule has 0 bridgehead atoms. The average molecular weight is 306 g/mol. The topological polar surface area (TPSA) is 54.5 Å². The Labute approximate surface area is 122 Å². The maximum absolute atomic E-state index is 11.8. The number of amides is 1. The van der Waals surface area contributed by atoms with Gasteiger partial charge in [0.25, 0.3) is 5.91 Å². The molecular weight excluding hydrogens is 289 g/mol. The third kappa shape index (κ3) is 6.20. The lowest BCUT2D eigenvalue weighted by atomic mass is 10.2. The summed E-state index contributed by atoms with van der Waals surface area (Å²) in [5.41, 5.74) is 0.315. The maximum Gasteiger partial charge on any atom is 0.253 e. The van der Waals surface area contributed by atoms with Gasteiger partial charge in [0.15, 0.2) is 0 Å². The molecule has 1 N–H and O–H groups in total. The Morgan fingerprint density at radius 3 is 2.84 bits per heavy atom. The third-order valence-electron chi connectivity index (χ3n) is 2.28. The van der Waals surface area contributed by atoms with Crippen LogP contribution in [0.5, 0.6) is 0 Å². The highest BCUT2D eigenvalue weighted by atomic mass is 35.5. The van der Waals surface area contributed by atoms with Crippen LogP contribution in [0.2, 0.25) is 10.2 Å². The second-order valence-electron chi connectivity index (χ2n) is 4.16. The molecule has 0 aliphatic carbocycles. The van der Waals surface area contributed by atoms with Gasteiger partial charge >= 0.3 is 0 Å². The minimum atomic E-state index is -0.287. The highest BCUT2D eigenvalue weighted by Crippen LogP contribution is 2.17. The maximum atomic E-state index is 11.8. The Bertz CT molecular complexity index is 427. The van der Waals surface area contributed by atoms with Gasteiger partial charge in [-0.1, -0.05) is 23.2 Å². The van der Waals surface area contributed by atoms with Crippen LogP contribution in [0.4, 0.5) is 0 Å². The second kappa shape index (κ2) is 8.32. The molecule has 0 aliphatic heterocycles. The summed E-state index contributed by atoms with van der Waals surface area (Å²) < 4.78 is 5.36. The zero-order valence-corrected chi connectivity index (χ0v) is 12.5. The number of nitrogens with one attached hydrogen (secondary N) is 1. The average Bonchev–Trinajstić information content (AvgIpc) is 2.36. The van der Waals surface area contributed by atoms with Gasteiger partial charge in [-0.15, -0.1) is 0 Å². The van der Waals surface area contributed by atoms with Crippen molar-refractivity contribution in [1.82, 2.24) is 15.2 Å². The quantitative estimate of drug-likeness (QED) is 0.615. The van der Waals surface area contributed by atoms with Crippen LogP contribution in [0.25, 0.3) is 0 Å². The van der Waals surface area contributed by atoms with Gasteiger partial charge in [-0.05, 0) is 20.2 Å². The van der Waals surface area contributed by atoms with Gasteiger partial charge in [-0.25, -0.2) is 4.98 Å². The number of aromatic nitrogens is 1. The molecule has 0 atom stereocenters. The highest BCUT2D eigenvalue weighted by Gasteiger charge is 2.10. The lowest BCUT2D eigenvalue weighted by molar-refractivity contribution is 0.0900. The molecule has 1 rings (SSSR count). The number of rotatable bonds is 7. The van der Waals surface area contributed by atoms with Crippen molar-refractivity contribution in [3.63, 3.8) is 0 Å². The van der Waals surface area contributed by atoms with Crippen molar-refractivity contribution >= 4 is 29.1 Å². The predicted molar refractivity (Wildman–Crippen MR) is 76.0 cm³/mol. The number of hydrogen-bond acceptors (Lipinski definition) is 4. The molecule has 7 heteroatoms. The van der Waals surface area contributed by atoms with E-state index in [1.165, 1.54) is 12.3 Å². The number of ether oxygens (including phenoxy) is 1. The Kier molecular flexibility index (Phi) is 7.09. The first-order chi connectivity index (χ1) is 9.00. The molecule has 5 nitrogen and oxygen atoms in total. The van der Waals surface area contributed by atoms with Crippen molar-refractivity contribution in [2.24, 2.45) is 0 Å². The van der Waals surface area contributed by atoms with Gasteiger partial charge < -0.3 is 15.0 Å². The monoisotopic (exact) mass is 305 g/mol. The molecule has 1 amide bonds. The predicted octanol–water partition coefficient (Wildman–Crippen LogP) is 1.70. The van der Waals surface area contributed by atoms with E-state index < -0.39 is 0 Å². The van der Waals surface area contributed by atoms with E-state index in [4.69, 9.17) is 27.9 Å². The van der Waals surface area contributed by atoms with Gasteiger partial charge in [0.1, 0.15) is 5.15 Å². The summed E-state index contributed by atoms with van der Waals surface area (Å²) in [5.74, 6) is -0.287. The van der Waals surface area contributed by atoms with E-state index in [0.717, 1.165) is 6.54 Å². The van der Waals surface area contributed by atoms with Crippen molar-refractivity contribution in [2.45, 2.75) is 0 Å². The van der Waals surface area contributed by atoms with Gasteiger partial charge in [0.05, 0.1) is 23.8 Å². The number of pyridine rings is 1. The summed E-state index contributed by atoms with van der Waals surface area (Å²) in [6.07, 6.45) is 1.35. The van der Waals surface area contributed by atoms with Gasteiger partial charge in [0.2, 0.25) is 0 Å². The zero-order valence-electron chi connectivity index (χ0n) is 10.9. The number of nitrogens with zero attached hydrogens (tertiary/aromatic N) is 2. The van der Waals surface area contributed by atoms with Gasteiger partial charge in [-0.2, -0.15) is 0 Å². The summed E-state index contributed by atoms with van der Waals surface area (Å²) >= 11 is 11.6. The standard InChI is InChI=1S/C12H17Cl2N3O2/c1-17(2)4-6-19-5-3-15-12(18)9-7-11(14)16-8-10(9)13/h7-8H,3-6H2,1-2H3,(H,15,18). The van der Waals surface area contributed by atoms with Gasteiger partial charge in [0, 0.05) is 19.3 Å². The van der Waals surface area contributed by atoms with E-state index in [-0.39, 0.29) is 16.1 Å². The Morgan fingerprint density at radius 2 is 2.16 bits per heavy atom. The Morgan fingerprint density at radius 1 is 1.42 bits per heavy atom. The third-order valence-corrected chi connectivity index (χ3v) is 2.79. The molecule has 0 radical (unpaired) electrons. The van der Waals surface area contributed by atoms with E-state index in [1.807, 2.05) is 19.0 Å². The fourth-order valence-corrected chi connectivity index (χ4v) is 1.62. The highest BCUT2D eigenvalue weighted by molar-refractivity contribution is 6.35. The van der Waals surface area contributed by atoms with Gasteiger partial charge in [-0.3, -0.25) is 4.79 Å². The smallest absolute Gasteiger partial charge is 0.253 e. The van der Waals surface area contributed by atoms with Crippen molar-refractivity contribution < 1.29 is 9.53 Å². The molecule has 0 fully saturated rings. The summed E-state index contributed by atoms with van der Waals surface area (Å²) in [7, 11) is 3.95. The molecule has 0 aliphatic rings. The summed E-state index contributed by atoms with van der Waals surface area (Å²) in [6.45, 7) is 2.35. The minimum absolute atomic E-state index is 0.233. The van der Waals surface area contributed by atoms with Crippen LogP contribution in [0.1, 0.15) is 10.4 Å². The molecule has 0 unspecified atom stereocenters. The number of hydrogen-bond donors (Lipinski definition) is 1. The number of likely N-dealkylation sites (N-methyl/N-ethyl adjacent to an activating group) is 1. The second-order valence-corrected chi connectivity index (χ2v) is 4.95. The number of halogens is 2. The molecule has 0 aromatic carbocycles. The minimum Gasteiger partial charge on any atom is -0.378 e. The zero-order chi connectivity index (χ0) is 14.3. The van der Waals surface area contributed by atoms with Crippen LogP contribution in [0.15, 0.2) is 12.3 Å². The van der Waals surface area contributed by atoms with Crippen LogP contribution < -0.4 is 5.32 Å². The molecular formula is C12H17Cl2N3O2. The molecule has 1 aromatic rings. The van der Waals surface area contributed by atoms with Crippen LogP contribution in [-0.4, -0.2) is 56.2 Å². The van der Waals surface area contributed by atoms with E-state index >= 15 is 0 Å². The number of carbonyl (C=O) groups excluding carboxylic acids is 1. The van der Waals surface area contributed by atoms with Crippen molar-refractivity contribution in [1.29, 1.82) is 0 Å². The largest absolute Gasteiger partial charge is 0.378 e. The fraction of sp³-hybridized carbons (Fsp3) is 0.500. The van der Waals surface area contributed by atoms with E-state index in [2.05, 4.69) is 10.3 Å². The molecule has 0 spiro atoms. The lowest BCUT2D eigenvalue weighted by Crippen LogP contribution is -2.28. The van der Waals surface area contributed by atoms with Crippen LogP contribution in [0, 0.1) is 0 Å². The van der Waals surface area contributed by atoms with E-state index in [0.29, 0.717) is 25.3 Å². The number of carbonyl (C=O) groups is 1. The van der Waals surface area contributed by atoms with Crippen molar-refractivity contribution in [2.75, 3.05) is 40.4 Å². The summed E-state index contributed by atoms with van der Waals surface area (Å²) in [4.78, 5) is 17.6. The normalized spacial score (nSPS) is 10.8. The fourth-order valence-electron chi connectivity index (χ4n) is 1.27. The lowest BCUT2D eigenvalue weighted by Gasteiger charge is -2.10. The Balaban J connectivity index is 2.29. The van der Waals surface area contributed by atoms with Crippen molar-refractivity contribution in [3.05, 3.63) is 28.0 Å². The first kappa shape index (κ1) is 16.2. The summed E-state index contributed by atoms with van der Waals surface area (Å²) in [6, 6.07) is 1.44. The van der Waals surface area contributed by atoms with E-state index in [1.54, 1.807) is 0 Å². The van der Waals surface area contributed by atoms with Crippen LogP contribution in [-0.2, 0) is 4.74 Å². The van der Waals surface area contributed by atoms with Crippen LogP contribution in [0.3, 0.4) is 0 Å². The molecule has 0 saturated heterocycles.